The molecule has 0 bridgehead atoms. The quantitative estimate of drug-likeness (QED) is 0.706. The van der Waals surface area contributed by atoms with E-state index in [-0.39, 0.29) is 16.8 Å². The summed E-state index contributed by atoms with van der Waals surface area (Å²) < 4.78 is 26.6. The molecule has 0 amide bonds. The number of sulfone groups is 1. The highest BCUT2D eigenvalue weighted by molar-refractivity contribution is 7.91. The van der Waals surface area contributed by atoms with Crippen molar-refractivity contribution in [2.45, 2.75) is 18.0 Å². The molecule has 0 aliphatic rings. The van der Waals surface area contributed by atoms with Gasteiger partial charge in [-0.05, 0) is 34.7 Å². The Bertz CT molecular complexity index is 879. The largest absolute Gasteiger partial charge is 0.272 e. The van der Waals surface area contributed by atoms with E-state index in [9.17, 15) is 8.42 Å². The molecule has 0 aliphatic heterocycles. The Morgan fingerprint density at radius 2 is 1.83 bits per heavy atom. The average Bonchev–Trinajstić information content (AvgIpc) is 3.07. The molecule has 0 unspecified atom stereocenters. The van der Waals surface area contributed by atoms with Crippen molar-refractivity contribution in [2.75, 3.05) is 5.75 Å². The second kappa shape index (κ2) is 6.25. The van der Waals surface area contributed by atoms with Gasteiger partial charge in [0.05, 0.1) is 11.4 Å². The van der Waals surface area contributed by atoms with E-state index in [1.165, 1.54) is 4.68 Å². The predicted octanol–water partition coefficient (Wildman–Crippen LogP) is 1.63. The van der Waals surface area contributed by atoms with Crippen LogP contribution in [-0.4, -0.2) is 39.4 Å². The van der Waals surface area contributed by atoms with E-state index in [0.717, 1.165) is 5.69 Å². The summed E-state index contributed by atoms with van der Waals surface area (Å²) in [5.74, 6) is -0.376. The molecule has 0 radical (unpaired) electrons. The van der Waals surface area contributed by atoms with Gasteiger partial charge in [-0.1, -0.05) is 36.3 Å². The summed E-state index contributed by atoms with van der Waals surface area (Å²) in [5, 5.41) is 10.9. The normalized spacial score (nSPS) is 12.9. The summed E-state index contributed by atoms with van der Waals surface area (Å²) in [6, 6.07) is 14.4. The molecular weight excluding hydrogens is 314 g/mol. The molecule has 1 aromatic carbocycles. The molecule has 2 heterocycles. The van der Waals surface area contributed by atoms with Crippen LogP contribution in [0.5, 0.6) is 0 Å². The Kier molecular flexibility index (Phi) is 4.16. The number of benzene rings is 1. The highest BCUT2D eigenvalue weighted by Crippen LogP contribution is 2.20. The van der Waals surface area contributed by atoms with Gasteiger partial charge in [-0.15, -0.1) is 0 Å². The summed E-state index contributed by atoms with van der Waals surface area (Å²) in [7, 11) is -3.66. The molecule has 3 rings (SSSR count). The van der Waals surface area contributed by atoms with Crippen LogP contribution in [0.4, 0.5) is 0 Å². The lowest BCUT2D eigenvalue weighted by atomic mass is 10.1. The van der Waals surface area contributed by atoms with Gasteiger partial charge in [0.15, 0.2) is 0 Å². The molecule has 0 saturated heterocycles. The standard InChI is InChI=1S/C15H15N5O2S/c1-12(14-9-5-6-10-16-14)11-23(21,22)15-17-18-19-20(15)13-7-3-2-4-8-13/h2-10,12H,11H2,1H3/t12-/m0/s1. The zero-order valence-electron chi connectivity index (χ0n) is 12.4. The van der Waals surface area contributed by atoms with Crippen molar-refractivity contribution in [1.82, 2.24) is 25.2 Å². The maximum absolute atomic E-state index is 12.7. The minimum absolute atomic E-state index is 0.114. The van der Waals surface area contributed by atoms with Crippen molar-refractivity contribution >= 4 is 9.84 Å². The first-order valence-electron chi connectivity index (χ1n) is 7.05. The number of hydrogen-bond acceptors (Lipinski definition) is 6. The van der Waals surface area contributed by atoms with E-state index in [4.69, 9.17) is 0 Å². The molecule has 3 aromatic rings. The van der Waals surface area contributed by atoms with Crippen molar-refractivity contribution in [2.24, 2.45) is 0 Å². The second-order valence-corrected chi connectivity index (χ2v) is 7.07. The van der Waals surface area contributed by atoms with Gasteiger partial charge in [0.25, 0.3) is 5.16 Å². The Morgan fingerprint density at radius 3 is 2.52 bits per heavy atom. The molecule has 23 heavy (non-hydrogen) atoms. The Balaban J connectivity index is 1.91. The minimum Gasteiger partial charge on any atom is -0.261 e. The van der Waals surface area contributed by atoms with Gasteiger partial charge in [-0.25, -0.2) is 8.42 Å². The summed E-state index contributed by atoms with van der Waals surface area (Å²) in [4.78, 5) is 4.20. The molecule has 0 aliphatic carbocycles. The van der Waals surface area contributed by atoms with E-state index in [0.29, 0.717) is 5.69 Å². The first-order valence-corrected chi connectivity index (χ1v) is 8.70. The summed E-state index contributed by atoms with van der Waals surface area (Å²) in [5.41, 5.74) is 1.32. The zero-order valence-corrected chi connectivity index (χ0v) is 13.3. The molecule has 0 N–H and O–H groups in total. The fourth-order valence-electron chi connectivity index (χ4n) is 2.26. The van der Waals surface area contributed by atoms with Gasteiger partial charge in [-0.3, -0.25) is 4.98 Å². The molecule has 1 atom stereocenters. The lowest BCUT2D eigenvalue weighted by Crippen LogP contribution is -2.18. The topological polar surface area (TPSA) is 90.6 Å². The number of pyridine rings is 1. The summed E-state index contributed by atoms with van der Waals surface area (Å²) in [6.07, 6.45) is 1.65. The first kappa shape index (κ1) is 15.3. The maximum Gasteiger partial charge on any atom is 0.272 e. The Hall–Kier alpha value is -2.61. The van der Waals surface area contributed by atoms with Gasteiger partial charge >= 0.3 is 0 Å². The van der Waals surface area contributed by atoms with Crippen molar-refractivity contribution in [1.29, 1.82) is 0 Å². The molecular formula is C15H15N5O2S. The highest BCUT2D eigenvalue weighted by Gasteiger charge is 2.27. The molecule has 0 fully saturated rings. The molecule has 8 heteroatoms. The highest BCUT2D eigenvalue weighted by atomic mass is 32.2. The third-order valence-electron chi connectivity index (χ3n) is 3.38. The van der Waals surface area contributed by atoms with E-state index in [1.807, 2.05) is 19.1 Å². The van der Waals surface area contributed by atoms with Gasteiger partial charge < -0.3 is 0 Å². The van der Waals surface area contributed by atoms with Crippen molar-refractivity contribution in [3.8, 4) is 5.69 Å². The van der Waals surface area contributed by atoms with Gasteiger partial charge in [0, 0.05) is 17.8 Å². The Labute approximate surface area is 133 Å². The molecule has 0 spiro atoms. The number of nitrogens with zero attached hydrogens (tertiary/aromatic N) is 5. The van der Waals surface area contributed by atoms with Crippen LogP contribution in [0.3, 0.4) is 0 Å². The summed E-state index contributed by atoms with van der Waals surface area (Å²) in [6.45, 7) is 1.82. The number of para-hydroxylation sites is 1. The van der Waals surface area contributed by atoms with Crippen LogP contribution in [0, 0.1) is 0 Å². The Morgan fingerprint density at radius 1 is 1.09 bits per heavy atom. The molecule has 2 aromatic heterocycles. The van der Waals surface area contributed by atoms with E-state index in [2.05, 4.69) is 20.5 Å². The fraction of sp³-hybridized carbons (Fsp3) is 0.200. The van der Waals surface area contributed by atoms with Crippen LogP contribution in [0.1, 0.15) is 18.5 Å². The number of hydrogen-bond donors (Lipinski definition) is 0. The van der Waals surface area contributed by atoms with E-state index < -0.39 is 9.84 Å². The van der Waals surface area contributed by atoms with Crippen molar-refractivity contribution in [3.05, 3.63) is 60.4 Å². The van der Waals surface area contributed by atoms with Gasteiger partial charge in [0.1, 0.15) is 0 Å². The van der Waals surface area contributed by atoms with E-state index in [1.54, 1.807) is 42.6 Å². The number of tetrazole rings is 1. The van der Waals surface area contributed by atoms with Gasteiger partial charge in [-0.2, -0.15) is 4.68 Å². The molecule has 118 valence electrons. The third-order valence-corrected chi connectivity index (χ3v) is 5.13. The summed E-state index contributed by atoms with van der Waals surface area (Å²) >= 11 is 0. The predicted molar refractivity (Wildman–Crippen MR) is 83.9 cm³/mol. The smallest absolute Gasteiger partial charge is 0.261 e. The zero-order chi connectivity index (χ0) is 16.3. The minimum atomic E-state index is -3.66. The van der Waals surface area contributed by atoms with Crippen LogP contribution in [0.25, 0.3) is 5.69 Å². The SMILES string of the molecule is C[C@@H](CS(=O)(=O)c1nnnn1-c1ccccc1)c1ccccn1. The van der Waals surface area contributed by atoms with Crippen molar-refractivity contribution < 1.29 is 8.42 Å². The van der Waals surface area contributed by atoms with E-state index >= 15 is 0 Å². The molecule has 0 saturated carbocycles. The number of aromatic nitrogens is 5. The van der Waals surface area contributed by atoms with Crippen LogP contribution < -0.4 is 0 Å². The van der Waals surface area contributed by atoms with Crippen LogP contribution >= 0.6 is 0 Å². The number of rotatable bonds is 5. The average molecular weight is 329 g/mol. The van der Waals surface area contributed by atoms with Crippen molar-refractivity contribution in [3.63, 3.8) is 0 Å². The van der Waals surface area contributed by atoms with Crippen LogP contribution in [0.15, 0.2) is 59.9 Å². The van der Waals surface area contributed by atoms with Crippen LogP contribution in [0.2, 0.25) is 0 Å². The lowest BCUT2D eigenvalue weighted by molar-refractivity contribution is 0.574. The van der Waals surface area contributed by atoms with Gasteiger partial charge in [0.2, 0.25) is 9.84 Å². The monoisotopic (exact) mass is 329 g/mol. The molecule has 7 nitrogen and oxygen atoms in total. The lowest BCUT2D eigenvalue weighted by Gasteiger charge is -2.11. The maximum atomic E-state index is 12.7. The third kappa shape index (κ3) is 3.26. The van der Waals surface area contributed by atoms with Crippen LogP contribution in [-0.2, 0) is 9.84 Å². The fourth-order valence-corrected chi connectivity index (χ4v) is 3.81. The first-order chi connectivity index (χ1) is 11.1. The second-order valence-electron chi connectivity index (χ2n) is 5.15.